The molecule has 1 fully saturated rings. The number of nitrogens with one attached hydrogen (secondary N) is 2. The molecule has 4 amide bonds. The number of rotatable bonds is 9. The molecule has 1 saturated heterocycles. The van der Waals surface area contributed by atoms with E-state index in [4.69, 9.17) is 5.11 Å². The zero-order valence-electron chi connectivity index (χ0n) is 15.8. The molecule has 1 heterocycles. The van der Waals surface area contributed by atoms with Crippen molar-refractivity contribution < 1.29 is 29.1 Å². The Balaban J connectivity index is 2.30. The Morgan fingerprint density at radius 2 is 1.78 bits per heavy atom. The van der Waals surface area contributed by atoms with Gasteiger partial charge < -0.3 is 25.5 Å². The van der Waals surface area contributed by atoms with Crippen LogP contribution in [-0.4, -0.2) is 84.3 Å². The number of carboxylic acid groups (broad SMARTS) is 1. The van der Waals surface area contributed by atoms with Gasteiger partial charge in [-0.05, 0) is 12.8 Å². The number of nitrogens with zero attached hydrogens (tertiary/aromatic N) is 2. The lowest BCUT2D eigenvalue weighted by atomic mass is 9.98. The van der Waals surface area contributed by atoms with Crippen molar-refractivity contribution in [3.8, 4) is 0 Å². The second kappa shape index (κ2) is 11.1. The van der Waals surface area contributed by atoms with Crippen molar-refractivity contribution in [2.45, 2.75) is 32.6 Å². The van der Waals surface area contributed by atoms with Crippen molar-refractivity contribution in [1.82, 2.24) is 20.4 Å². The maximum atomic E-state index is 12.3. The zero-order valence-corrected chi connectivity index (χ0v) is 15.8. The zero-order chi connectivity index (χ0) is 20.4. The predicted octanol–water partition coefficient (Wildman–Crippen LogP) is -1.20. The number of carbonyl (C=O) groups excluding carboxylic acids is 4. The van der Waals surface area contributed by atoms with Gasteiger partial charge in [0.15, 0.2) is 0 Å². The molecule has 10 heteroatoms. The minimum absolute atomic E-state index is 0.0117. The lowest BCUT2D eigenvalue weighted by Gasteiger charge is -2.32. The molecular formula is C17H28N4O6. The molecule has 0 spiro atoms. The van der Waals surface area contributed by atoms with Gasteiger partial charge in [0.1, 0.15) is 0 Å². The van der Waals surface area contributed by atoms with E-state index in [9.17, 15) is 24.0 Å². The summed E-state index contributed by atoms with van der Waals surface area (Å²) in [7, 11) is 1.48. The van der Waals surface area contributed by atoms with Gasteiger partial charge in [0.25, 0.3) is 0 Å². The summed E-state index contributed by atoms with van der Waals surface area (Å²) >= 11 is 0. The Morgan fingerprint density at radius 3 is 2.41 bits per heavy atom. The van der Waals surface area contributed by atoms with E-state index in [0.717, 1.165) is 0 Å². The Morgan fingerprint density at radius 1 is 1.11 bits per heavy atom. The van der Waals surface area contributed by atoms with Gasteiger partial charge in [-0.15, -0.1) is 0 Å². The molecule has 0 aromatic heterocycles. The first kappa shape index (κ1) is 22.4. The predicted molar refractivity (Wildman–Crippen MR) is 95.5 cm³/mol. The third-order valence-electron chi connectivity index (χ3n) is 4.31. The highest BCUT2D eigenvalue weighted by Crippen LogP contribution is 2.16. The fraction of sp³-hybridized carbons (Fsp3) is 0.706. The Bertz CT molecular complexity index is 580. The second-order valence-corrected chi connectivity index (χ2v) is 6.60. The molecule has 0 aromatic rings. The van der Waals surface area contributed by atoms with E-state index in [2.05, 4.69) is 10.6 Å². The minimum atomic E-state index is -0.915. The summed E-state index contributed by atoms with van der Waals surface area (Å²) in [5.41, 5.74) is 0. The summed E-state index contributed by atoms with van der Waals surface area (Å²) in [6.07, 6.45) is 1.12. The molecule has 0 aliphatic carbocycles. The SMILES string of the molecule is CC(=O)NCCNC(=O)CCC(=O)N(C)CC(=O)N1CCCC(C(=O)O)C1. The first-order chi connectivity index (χ1) is 12.7. The quantitative estimate of drug-likeness (QED) is 0.427. The first-order valence-corrected chi connectivity index (χ1v) is 8.96. The highest BCUT2D eigenvalue weighted by atomic mass is 16.4. The smallest absolute Gasteiger partial charge is 0.308 e. The number of aliphatic carboxylic acids is 1. The van der Waals surface area contributed by atoms with Crippen LogP contribution in [0.25, 0.3) is 0 Å². The lowest BCUT2D eigenvalue weighted by molar-refractivity contribution is -0.147. The van der Waals surface area contributed by atoms with E-state index >= 15 is 0 Å². The Labute approximate surface area is 158 Å². The standard InChI is InChI=1S/C17H28N4O6/c1-12(22)18-7-8-19-14(23)5-6-15(24)20(2)11-16(25)21-9-3-4-13(10-21)17(26)27/h13H,3-11H2,1-2H3,(H,18,22)(H,19,23)(H,26,27). The summed E-state index contributed by atoms with van der Waals surface area (Å²) in [5, 5.41) is 14.2. The lowest BCUT2D eigenvalue weighted by Crippen LogP contribution is -2.47. The molecule has 1 aliphatic rings. The van der Waals surface area contributed by atoms with Crippen LogP contribution in [0.5, 0.6) is 0 Å². The van der Waals surface area contributed by atoms with E-state index in [1.807, 2.05) is 0 Å². The number of carbonyl (C=O) groups is 5. The van der Waals surface area contributed by atoms with Gasteiger partial charge in [0, 0.05) is 53.0 Å². The highest BCUT2D eigenvalue weighted by Gasteiger charge is 2.28. The molecule has 1 aliphatic heterocycles. The molecule has 152 valence electrons. The molecule has 1 unspecified atom stereocenters. The number of hydrogen-bond acceptors (Lipinski definition) is 5. The van der Waals surface area contributed by atoms with E-state index in [1.54, 1.807) is 0 Å². The van der Waals surface area contributed by atoms with Crippen molar-refractivity contribution in [2.75, 3.05) is 39.8 Å². The summed E-state index contributed by atoms with van der Waals surface area (Å²) < 4.78 is 0. The molecular weight excluding hydrogens is 356 g/mol. The van der Waals surface area contributed by atoms with Crippen LogP contribution in [-0.2, 0) is 24.0 Å². The molecule has 0 bridgehead atoms. The minimum Gasteiger partial charge on any atom is -0.481 e. The fourth-order valence-electron chi connectivity index (χ4n) is 2.74. The monoisotopic (exact) mass is 384 g/mol. The number of piperidine rings is 1. The maximum absolute atomic E-state index is 12.3. The summed E-state index contributed by atoms with van der Waals surface area (Å²) in [4.78, 5) is 60.5. The van der Waals surface area contributed by atoms with Crippen molar-refractivity contribution in [3.05, 3.63) is 0 Å². The highest BCUT2D eigenvalue weighted by molar-refractivity contribution is 5.87. The average Bonchev–Trinajstić information content (AvgIpc) is 2.63. The first-order valence-electron chi connectivity index (χ1n) is 8.96. The number of likely N-dealkylation sites (N-methyl/N-ethyl adjacent to an activating group) is 1. The second-order valence-electron chi connectivity index (χ2n) is 6.60. The molecule has 27 heavy (non-hydrogen) atoms. The molecule has 3 N–H and O–H groups in total. The molecule has 0 saturated carbocycles. The van der Waals surface area contributed by atoms with Crippen molar-refractivity contribution >= 4 is 29.6 Å². The van der Waals surface area contributed by atoms with Crippen LogP contribution in [0.15, 0.2) is 0 Å². The Kier molecular flexibility index (Phi) is 9.24. The van der Waals surface area contributed by atoms with Gasteiger partial charge in [0.05, 0.1) is 12.5 Å². The summed E-state index contributed by atoms with van der Waals surface area (Å²) in [6, 6.07) is 0. The number of amides is 4. The van der Waals surface area contributed by atoms with Gasteiger partial charge in [-0.2, -0.15) is 0 Å². The maximum Gasteiger partial charge on any atom is 0.308 e. The molecule has 1 atom stereocenters. The van der Waals surface area contributed by atoms with Crippen LogP contribution in [0.3, 0.4) is 0 Å². The van der Waals surface area contributed by atoms with Crippen molar-refractivity contribution in [2.24, 2.45) is 5.92 Å². The van der Waals surface area contributed by atoms with Gasteiger partial charge in [0.2, 0.25) is 23.6 Å². The van der Waals surface area contributed by atoms with Crippen molar-refractivity contribution in [1.29, 1.82) is 0 Å². The fourth-order valence-corrected chi connectivity index (χ4v) is 2.74. The topological polar surface area (TPSA) is 136 Å². The van der Waals surface area contributed by atoms with Crippen LogP contribution < -0.4 is 10.6 Å². The van der Waals surface area contributed by atoms with E-state index in [0.29, 0.717) is 25.9 Å². The third kappa shape index (κ3) is 8.52. The van der Waals surface area contributed by atoms with Crippen LogP contribution in [0.1, 0.15) is 32.6 Å². The Hall–Kier alpha value is -2.65. The number of carboxylic acids is 1. The van der Waals surface area contributed by atoms with Gasteiger partial charge in [-0.25, -0.2) is 0 Å². The molecule has 1 rings (SSSR count). The van der Waals surface area contributed by atoms with Crippen LogP contribution in [0.4, 0.5) is 0 Å². The average molecular weight is 384 g/mol. The van der Waals surface area contributed by atoms with Crippen LogP contribution in [0, 0.1) is 5.92 Å². The van der Waals surface area contributed by atoms with Gasteiger partial charge in [-0.3, -0.25) is 24.0 Å². The van der Waals surface area contributed by atoms with Crippen LogP contribution >= 0.6 is 0 Å². The molecule has 0 aromatic carbocycles. The van der Waals surface area contributed by atoms with E-state index in [-0.39, 0.29) is 56.1 Å². The summed E-state index contributed by atoms with van der Waals surface area (Å²) in [6.45, 7) is 2.48. The number of hydrogen-bond donors (Lipinski definition) is 3. The van der Waals surface area contributed by atoms with E-state index < -0.39 is 11.9 Å². The van der Waals surface area contributed by atoms with Gasteiger partial charge in [-0.1, -0.05) is 0 Å². The molecule has 10 nitrogen and oxygen atoms in total. The van der Waals surface area contributed by atoms with E-state index in [1.165, 1.54) is 23.8 Å². The largest absolute Gasteiger partial charge is 0.481 e. The third-order valence-corrected chi connectivity index (χ3v) is 4.31. The van der Waals surface area contributed by atoms with Crippen LogP contribution in [0.2, 0.25) is 0 Å². The van der Waals surface area contributed by atoms with Crippen molar-refractivity contribution in [3.63, 3.8) is 0 Å². The normalized spacial score (nSPS) is 16.4. The molecule has 0 radical (unpaired) electrons. The van der Waals surface area contributed by atoms with Gasteiger partial charge >= 0.3 is 5.97 Å². The summed E-state index contributed by atoms with van der Waals surface area (Å²) in [5.74, 6) is -2.61. The number of likely N-dealkylation sites (tertiary alicyclic amines) is 1.